The average molecular weight is 447 g/mol. The van der Waals surface area contributed by atoms with Crippen molar-refractivity contribution in [1.29, 1.82) is 0 Å². The van der Waals surface area contributed by atoms with Gasteiger partial charge in [-0.25, -0.2) is 4.99 Å². The molecule has 0 saturated carbocycles. The van der Waals surface area contributed by atoms with Crippen molar-refractivity contribution in [1.82, 2.24) is 0 Å². The number of amidine groups is 1. The number of anilines is 1. The average Bonchev–Trinajstić information content (AvgIpc) is 3.07. The van der Waals surface area contributed by atoms with E-state index in [4.69, 9.17) is 26.2 Å². The van der Waals surface area contributed by atoms with Gasteiger partial charge < -0.3 is 14.6 Å². The molecule has 3 rings (SSSR count). The number of hydrogen-bond acceptors (Lipinski definition) is 6. The van der Waals surface area contributed by atoms with Crippen LogP contribution in [0.3, 0.4) is 0 Å². The molecule has 6 nitrogen and oxygen atoms in total. The van der Waals surface area contributed by atoms with Crippen LogP contribution in [0.25, 0.3) is 6.08 Å². The van der Waals surface area contributed by atoms with Crippen LogP contribution in [0.15, 0.2) is 53.2 Å². The molecule has 0 saturated heterocycles. The van der Waals surface area contributed by atoms with E-state index in [0.717, 1.165) is 23.5 Å². The third kappa shape index (κ3) is 5.16. The molecule has 2 aromatic carbocycles. The number of carbonyl (C=O) groups excluding carboxylic acids is 1. The second-order valence-electron chi connectivity index (χ2n) is 6.44. The van der Waals surface area contributed by atoms with Crippen molar-refractivity contribution in [3.8, 4) is 11.5 Å². The molecule has 1 heterocycles. The van der Waals surface area contributed by atoms with Crippen LogP contribution in [0.2, 0.25) is 5.02 Å². The Balaban J connectivity index is 1.92. The van der Waals surface area contributed by atoms with Crippen molar-refractivity contribution in [3.05, 3.63) is 58.7 Å². The number of thioether (sulfide) groups is 1. The Morgan fingerprint density at radius 1 is 1.13 bits per heavy atom. The number of halogens is 1. The van der Waals surface area contributed by atoms with Gasteiger partial charge in [0.05, 0.1) is 24.9 Å². The summed E-state index contributed by atoms with van der Waals surface area (Å²) in [4.78, 5) is 19.4. The van der Waals surface area contributed by atoms with E-state index in [9.17, 15) is 4.79 Å². The van der Waals surface area contributed by atoms with E-state index in [0.29, 0.717) is 33.7 Å². The first-order valence-electron chi connectivity index (χ1n) is 9.43. The van der Waals surface area contributed by atoms with Crippen LogP contribution >= 0.6 is 23.4 Å². The highest BCUT2D eigenvalue weighted by molar-refractivity contribution is 8.14. The summed E-state index contributed by atoms with van der Waals surface area (Å²) in [5, 5.41) is 10.1. The van der Waals surface area contributed by atoms with E-state index in [-0.39, 0.29) is 12.5 Å². The molecule has 0 aromatic heterocycles. The van der Waals surface area contributed by atoms with Crippen LogP contribution in [-0.2, 0) is 4.79 Å². The molecule has 30 heavy (non-hydrogen) atoms. The van der Waals surface area contributed by atoms with Crippen molar-refractivity contribution >= 4 is 46.2 Å². The van der Waals surface area contributed by atoms with Gasteiger partial charge in [0.1, 0.15) is 17.2 Å². The molecule has 0 unspecified atom stereocenters. The third-order valence-electron chi connectivity index (χ3n) is 4.43. The van der Waals surface area contributed by atoms with Crippen molar-refractivity contribution in [3.63, 3.8) is 0 Å². The fourth-order valence-electron chi connectivity index (χ4n) is 2.84. The number of hydrogen-bond donors (Lipinski definition) is 1. The molecule has 0 radical (unpaired) electrons. The van der Waals surface area contributed by atoms with Crippen molar-refractivity contribution in [2.75, 3.05) is 31.5 Å². The molecule has 158 valence electrons. The summed E-state index contributed by atoms with van der Waals surface area (Å²) in [5.74, 6) is 1.75. The fourth-order valence-corrected chi connectivity index (χ4v) is 4.05. The summed E-state index contributed by atoms with van der Waals surface area (Å²) >= 11 is 7.62. The van der Waals surface area contributed by atoms with Gasteiger partial charge in [-0.3, -0.25) is 9.69 Å². The van der Waals surface area contributed by atoms with Gasteiger partial charge in [0.2, 0.25) is 0 Å². The van der Waals surface area contributed by atoms with Crippen LogP contribution in [-0.4, -0.2) is 42.8 Å². The molecular weight excluding hydrogens is 424 g/mol. The molecule has 0 atom stereocenters. The van der Waals surface area contributed by atoms with Gasteiger partial charge in [-0.2, -0.15) is 0 Å². The predicted molar refractivity (Wildman–Crippen MR) is 123 cm³/mol. The maximum Gasteiger partial charge on any atom is 0.283 e. The van der Waals surface area contributed by atoms with Crippen LogP contribution in [0.5, 0.6) is 11.5 Å². The molecule has 1 N–H and O–H groups in total. The number of carbonyl (C=O) groups is 1. The van der Waals surface area contributed by atoms with Crippen molar-refractivity contribution in [2.45, 2.75) is 12.8 Å². The lowest BCUT2D eigenvalue weighted by Crippen LogP contribution is -2.30. The molecule has 1 aliphatic heterocycles. The standard InChI is InChI=1S/C22H23ClN2O4S/c1-28-17-8-5-15(6-9-17)13-19-21(27)25(22(24-19)30-12-4-3-11-26)16-7-10-18(23)20(14-16)29-2/h5-10,13-14,26H,3-4,11-12H2,1-2H3. The largest absolute Gasteiger partial charge is 0.497 e. The highest BCUT2D eigenvalue weighted by Gasteiger charge is 2.32. The van der Waals surface area contributed by atoms with E-state index < -0.39 is 0 Å². The fraction of sp³-hybridized carbons (Fsp3) is 0.273. The third-order valence-corrected chi connectivity index (χ3v) is 5.76. The maximum atomic E-state index is 13.2. The van der Waals surface area contributed by atoms with Gasteiger partial charge in [-0.15, -0.1) is 0 Å². The molecule has 0 aliphatic carbocycles. The SMILES string of the molecule is COc1ccc(C=C2N=C(SCCCCO)N(c3ccc(Cl)c(OC)c3)C2=O)cc1. The van der Waals surface area contributed by atoms with Crippen LogP contribution in [0.4, 0.5) is 5.69 Å². The molecular formula is C22H23ClN2O4S. The van der Waals surface area contributed by atoms with E-state index in [1.807, 2.05) is 24.3 Å². The second-order valence-corrected chi connectivity index (χ2v) is 7.90. The topological polar surface area (TPSA) is 71.4 Å². The number of benzene rings is 2. The number of amides is 1. The molecule has 8 heteroatoms. The summed E-state index contributed by atoms with van der Waals surface area (Å²) in [5.41, 5.74) is 1.83. The van der Waals surface area contributed by atoms with E-state index in [1.54, 1.807) is 36.3 Å². The molecule has 0 fully saturated rings. The number of aliphatic imine (C=N–C) groups is 1. The Hall–Kier alpha value is -2.48. The molecule has 1 amide bonds. The Morgan fingerprint density at radius 3 is 2.57 bits per heavy atom. The van der Waals surface area contributed by atoms with Crippen LogP contribution < -0.4 is 14.4 Å². The zero-order chi connectivity index (χ0) is 21.5. The number of methoxy groups -OCH3 is 2. The Labute approximate surface area is 185 Å². The summed E-state index contributed by atoms with van der Waals surface area (Å²) < 4.78 is 10.5. The van der Waals surface area contributed by atoms with Gasteiger partial charge >= 0.3 is 0 Å². The van der Waals surface area contributed by atoms with Gasteiger partial charge in [-0.05, 0) is 48.7 Å². The minimum absolute atomic E-state index is 0.146. The summed E-state index contributed by atoms with van der Waals surface area (Å²) in [6, 6.07) is 12.6. The Bertz CT molecular complexity index is 960. The quantitative estimate of drug-likeness (QED) is 0.473. The zero-order valence-electron chi connectivity index (χ0n) is 16.8. The highest BCUT2D eigenvalue weighted by Crippen LogP contribution is 2.34. The van der Waals surface area contributed by atoms with Gasteiger partial charge in [0.15, 0.2) is 5.17 Å². The molecule has 0 spiro atoms. The first-order chi connectivity index (χ1) is 14.6. The van der Waals surface area contributed by atoms with Gasteiger partial charge in [-0.1, -0.05) is 35.5 Å². The Kier molecular flexibility index (Phi) is 7.79. The minimum atomic E-state index is -0.222. The molecule has 0 bridgehead atoms. The maximum absolute atomic E-state index is 13.2. The molecule has 2 aromatic rings. The molecule has 1 aliphatic rings. The number of nitrogens with zero attached hydrogens (tertiary/aromatic N) is 2. The first-order valence-corrected chi connectivity index (χ1v) is 10.8. The predicted octanol–water partition coefficient (Wildman–Crippen LogP) is 4.61. The van der Waals surface area contributed by atoms with E-state index in [1.165, 1.54) is 18.9 Å². The number of aliphatic hydroxyl groups is 1. The lowest BCUT2D eigenvalue weighted by molar-refractivity contribution is -0.113. The van der Waals surface area contributed by atoms with Gasteiger partial charge in [0, 0.05) is 18.4 Å². The van der Waals surface area contributed by atoms with Crippen LogP contribution in [0.1, 0.15) is 18.4 Å². The van der Waals surface area contributed by atoms with Gasteiger partial charge in [0.25, 0.3) is 5.91 Å². The normalized spacial score (nSPS) is 14.9. The van der Waals surface area contributed by atoms with Crippen LogP contribution in [0, 0.1) is 0 Å². The summed E-state index contributed by atoms with van der Waals surface area (Å²) in [6.07, 6.45) is 3.28. The zero-order valence-corrected chi connectivity index (χ0v) is 18.4. The minimum Gasteiger partial charge on any atom is -0.497 e. The van der Waals surface area contributed by atoms with Crippen molar-refractivity contribution in [2.24, 2.45) is 4.99 Å². The lowest BCUT2D eigenvalue weighted by atomic mass is 10.2. The van der Waals surface area contributed by atoms with E-state index >= 15 is 0 Å². The summed E-state index contributed by atoms with van der Waals surface area (Å²) in [7, 11) is 3.14. The van der Waals surface area contributed by atoms with E-state index in [2.05, 4.69) is 4.99 Å². The number of rotatable bonds is 8. The number of unbranched alkanes of at least 4 members (excludes halogenated alkanes) is 1. The monoisotopic (exact) mass is 446 g/mol. The van der Waals surface area contributed by atoms with Crippen molar-refractivity contribution < 1.29 is 19.4 Å². The summed E-state index contributed by atoms with van der Waals surface area (Å²) in [6.45, 7) is 0.146. The second kappa shape index (κ2) is 10.5. The number of aliphatic hydroxyl groups excluding tert-OH is 1. The first kappa shape index (κ1) is 22.2. The number of ether oxygens (including phenoxy) is 2. The highest BCUT2D eigenvalue weighted by atomic mass is 35.5. The lowest BCUT2D eigenvalue weighted by Gasteiger charge is -2.19. The smallest absolute Gasteiger partial charge is 0.283 e. The Morgan fingerprint density at radius 2 is 1.90 bits per heavy atom.